The molecule has 0 aromatic heterocycles. The standard InChI is InChI=1S/C15H21NO2S/c1-15(18)8-10-16(11-9-15)14(17)7-12-19-13-5-3-2-4-6-13/h2-6,18H,7-12H2,1H3. The lowest BCUT2D eigenvalue weighted by molar-refractivity contribution is -0.134. The van der Waals surface area contributed by atoms with Crippen LogP contribution in [0.2, 0.25) is 0 Å². The van der Waals surface area contributed by atoms with Gasteiger partial charge in [-0.3, -0.25) is 4.79 Å². The Morgan fingerprint density at radius 2 is 1.95 bits per heavy atom. The lowest BCUT2D eigenvalue weighted by Gasteiger charge is -2.35. The molecule has 1 aliphatic rings. The smallest absolute Gasteiger partial charge is 0.223 e. The van der Waals surface area contributed by atoms with Crippen LogP contribution in [0.4, 0.5) is 0 Å². The number of aliphatic hydroxyl groups is 1. The maximum atomic E-state index is 12.0. The first-order valence-electron chi connectivity index (χ1n) is 6.75. The van der Waals surface area contributed by atoms with Crippen LogP contribution in [0.15, 0.2) is 35.2 Å². The Balaban J connectivity index is 1.70. The summed E-state index contributed by atoms with van der Waals surface area (Å²) in [5, 5.41) is 9.86. The molecule has 0 unspecified atom stereocenters. The zero-order valence-electron chi connectivity index (χ0n) is 11.3. The molecule has 1 fully saturated rings. The monoisotopic (exact) mass is 279 g/mol. The molecule has 0 aliphatic carbocycles. The van der Waals surface area contributed by atoms with E-state index in [-0.39, 0.29) is 5.91 Å². The molecule has 4 heteroatoms. The Morgan fingerprint density at radius 3 is 2.58 bits per heavy atom. The van der Waals surface area contributed by atoms with Gasteiger partial charge in [0.15, 0.2) is 0 Å². The predicted molar refractivity (Wildman–Crippen MR) is 78.2 cm³/mol. The number of amides is 1. The third-order valence-electron chi connectivity index (χ3n) is 3.52. The van der Waals surface area contributed by atoms with Gasteiger partial charge in [-0.1, -0.05) is 18.2 Å². The molecule has 0 saturated carbocycles. The van der Waals surface area contributed by atoms with E-state index in [9.17, 15) is 9.90 Å². The van der Waals surface area contributed by atoms with Crippen molar-refractivity contribution < 1.29 is 9.90 Å². The number of hydrogen-bond acceptors (Lipinski definition) is 3. The van der Waals surface area contributed by atoms with Crippen molar-refractivity contribution in [2.75, 3.05) is 18.8 Å². The Kier molecular flexibility index (Phi) is 4.88. The molecule has 1 aromatic carbocycles. The molecular weight excluding hydrogens is 258 g/mol. The van der Waals surface area contributed by atoms with Crippen LogP contribution in [-0.2, 0) is 4.79 Å². The van der Waals surface area contributed by atoms with Crippen molar-refractivity contribution >= 4 is 17.7 Å². The second-order valence-electron chi connectivity index (χ2n) is 5.29. The summed E-state index contributed by atoms with van der Waals surface area (Å²) in [4.78, 5) is 15.1. The van der Waals surface area contributed by atoms with Crippen LogP contribution >= 0.6 is 11.8 Å². The summed E-state index contributed by atoms with van der Waals surface area (Å²) in [5.74, 6) is 1.02. The molecule has 0 bridgehead atoms. The summed E-state index contributed by atoms with van der Waals surface area (Å²) in [6.07, 6.45) is 1.94. The minimum absolute atomic E-state index is 0.207. The highest BCUT2D eigenvalue weighted by Crippen LogP contribution is 2.23. The van der Waals surface area contributed by atoms with Gasteiger partial charge in [-0.05, 0) is 31.9 Å². The highest BCUT2D eigenvalue weighted by atomic mass is 32.2. The van der Waals surface area contributed by atoms with Crippen molar-refractivity contribution in [1.29, 1.82) is 0 Å². The molecule has 1 amide bonds. The van der Waals surface area contributed by atoms with E-state index in [1.165, 1.54) is 4.90 Å². The van der Waals surface area contributed by atoms with Gasteiger partial charge in [0.05, 0.1) is 5.60 Å². The molecular formula is C15H21NO2S. The zero-order chi connectivity index (χ0) is 13.7. The third kappa shape index (κ3) is 4.55. The summed E-state index contributed by atoms with van der Waals surface area (Å²) >= 11 is 1.72. The SMILES string of the molecule is CC1(O)CCN(C(=O)CCSc2ccccc2)CC1. The molecule has 1 aromatic rings. The number of rotatable bonds is 4. The van der Waals surface area contributed by atoms with E-state index in [0.717, 1.165) is 5.75 Å². The second-order valence-corrected chi connectivity index (χ2v) is 6.46. The first-order valence-corrected chi connectivity index (χ1v) is 7.73. The fraction of sp³-hybridized carbons (Fsp3) is 0.533. The highest BCUT2D eigenvalue weighted by Gasteiger charge is 2.29. The maximum absolute atomic E-state index is 12.0. The maximum Gasteiger partial charge on any atom is 0.223 e. The largest absolute Gasteiger partial charge is 0.390 e. The number of benzene rings is 1. The van der Waals surface area contributed by atoms with Crippen molar-refractivity contribution in [2.24, 2.45) is 0 Å². The minimum atomic E-state index is -0.588. The molecule has 1 saturated heterocycles. The summed E-state index contributed by atoms with van der Waals surface area (Å²) in [6, 6.07) is 10.1. The topological polar surface area (TPSA) is 40.5 Å². The van der Waals surface area contributed by atoms with E-state index >= 15 is 0 Å². The third-order valence-corrected chi connectivity index (χ3v) is 4.53. The van der Waals surface area contributed by atoms with Crippen LogP contribution in [-0.4, -0.2) is 40.4 Å². The van der Waals surface area contributed by atoms with Crippen LogP contribution in [0.25, 0.3) is 0 Å². The van der Waals surface area contributed by atoms with Gasteiger partial charge in [0.25, 0.3) is 0 Å². The molecule has 2 rings (SSSR count). The Bertz CT molecular complexity index is 409. The number of hydrogen-bond donors (Lipinski definition) is 1. The first kappa shape index (κ1) is 14.4. The number of carbonyl (C=O) groups excluding carboxylic acids is 1. The van der Waals surface area contributed by atoms with Gasteiger partial charge < -0.3 is 10.0 Å². The van der Waals surface area contributed by atoms with E-state index in [4.69, 9.17) is 0 Å². The van der Waals surface area contributed by atoms with Crippen LogP contribution in [0, 0.1) is 0 Å². The Morgan fingerprint density at radius 1 is 1.32 bits per heavy atom. The number of nitrogens with zero attached hydrogens (tertiary/aromatic N) is 1. The fourth-order valence-electron chi connectivity index (χ4n) is 2.17. The van der Waals surface area contributed by atoms with Crippen molar-refractivity contribution in [1.82, 2.24) is 4.90 Å². The van der Waals surface area contributed by atoms with Gasteiger partial charge in [-0.25, -0.2) is 0 Å². The summed E-state index contributed by atoms with van der Waals surface area (Å²) in [7, 11) is 0. The molecule has 1 N–H and O–H groups in total. The summed E-state index contributed by atoms with van der Waals surface area (Å²) < 4.78 is 0. The highest BCUT2D eigenvalue weighted by molar-refractivity contribution is 7.99. The minimum Gasteiger partial charge on any atom is -0.390 e. The quantitative estimate of drug-likeness (QED) is 0.861. The average Bonchev–Trinajstić information content (AvgIpc) is 2.39. The van der Waals surface area contributed by atoms with Crippen LogP contribution in [0.1, 0.15) is 26.2 Å². The second kappa shape index (κ2) is 6.44. The van der Waals surface area contributed by atoms with Gasteiger partial charge in [-0.15, -0.1) is 11.8 Å². The molecule has 1 aliphatic heterocycles. The van der Waals surface area contributed by atoms with Crippen LogP contribution < -0.4 is 0 Å². The zero-order valence-corrected chi connectivity index (χ0v) is 12.2. The van der Waals surface area contributed by atoms with Gasteiger partial charge in [0.2, 0.25) is 5.91 Å². The predicted octanol–water partition coefficient (Wildman–Crippen LogP) is 2.54. The first-order chi connectivity index (χ1) is 9.07. The van der Waals surface area contributed by atoms with Crippen LogP contribution in [0.3, 0.4) is 0 Å². The van der Waals surface area contributed by atoms with Gasteiger partial charge >= 0.3 is 0 Å². The summed E-state index contributed by atoms with van der Waals surface area (Å²) in [6.45, 7) is 3.21. The molecule has 0 atom stereocenters. The molecule has 0 spiro atoms. The molecule has 104 valence electrons. The van der Waals surface area contributed by atoms with Crippen molar-refractivity contribution in [3.8, 4) is 0 Å². The number of carbonyl (C=O) groups is 1. The van der Waals surface area contributed by atoms with Crippen molar-refractivity contribution in [3.63, 3.8) is 0 Å². The normalized spacial score (nSPS) is 18.3. The van der Waals surface area contributed by atoms with E-state index in [1.807, 2.05) is 30.0 Å². The molecule has 3 nitrogen and oxygen atoms in total. The number of piperidine rings is 1. The van der Waals surface area contributed by atoms with Gasteiger partial charge in [0.1, 0.15) is 0 Å². The van der Waals surface area contributed by atoms with Crippen molar-refractivity contribution in [2.45, 2.75) is 36.7 Å². The summed E-state index contributed by atoms with van der Waals surface area (Å²) in [5.41, 5.74) is -0.588. The van der Waals surface area contributed by atoms with E-state index in [2.05, 4.69) is 12.1 Å². The number of thioether (sulfide) groups is 1. The average molecular weight is 279 g/mol. The lowest BCUT2D eigenvalue weighted by atomic mass is 9.94. The molecule has 1 heterocycles. The van der Waals surface area contributed by atoms with E-state index < -0.39 is 5.60 Å². The molecule has 0 radical (unpaired) electrons. The lowest BCUT2D eigenvalue weighted by Crippen LogP contribution is -2.45. The Hall–Kier alpha value is -1.00. The van der Waals surface area contributed by atoms with Crippen molar-refractivity contribution in [3.05, 3.63) is 30.3 Å². The van der Waals surface area contributed by atoms with Gasteiger partial charge in [0, 0.05) is 30.2 Å². The van der Waals surface area contributed by atoms with Gasteiger partial charge in [-0.2, -0.15) is 0 Å². The number of likely N-dealkylation sites (tertiary alicyclic amines) is 1. The van der Waals surface area contributed by atoms with E-state index in [1.54, 1.807) is 11.8 Å². The van der Waals surface area contributed by atoms with E-state index in [0.29, 0.717) is 32.4 Å². The fourth-order valence-corrected chi connectivity index (χ4v) is 3.03. The van der Waals surface area contributed by atoms with Crippen LogP contribution in [0.5, 0.6) is 0 Å². The molecule has 19 heavy (non-hydrogen) atoms. The Labute approximate surface area is 119 Å².